The average Bonchev–Trinajstić information content (AvgIpc) is 4.05. The second kappa shape index (κ2) is 15.6. The summed E-state index contributed by atoms with van der Waals surface area (Å²) < 4.78 is 15.0. The largest absolute Gasteiger partial charge is 0.456 e. The summed E-state index contributed by atoms with van der Waals surface area (Å²) in [5.74, 6) is 0. The number of para-hydroxylation sites is 3. The second-order valence-electron chi connectivity index (χ2n) is 19.0. The van der Waals surface area contributed by atoms with E-state index >= 15 is 0 Å². The maximum atomic E-state index is 6.27. The molecule has 0 N–H and O–H groups in total. The minimum absolute atomic E-state index is 0.895. The Hall–Kier alpha value is -8.38. The van der Waals surface area contributed by atoms with Crippen molar-refractivity contribution in [1.29, 1.82) is 0 Å². The fraction of sp³-hybridized carbons (Fsp3) is 0.0476. The predicted octanol–water partition coefficient (Wildman–Crippen LogP) is 17.6. The van der Waals surface area contributed by atoms with Gasteiger partial charge >= 0.3 is 0 Å². The summed E-state index contributed by atoms with van der Waals surface area (Å²) in [6, 6.07) is 81.1. The first kappa shape index (κ1) is 39.9. The Labute approximate surface area is 395 Å². The van der Waals surface area contributed by atoms with Crippen LogP contribution in [-0.4, -0.2) is 12.6 Å². The van der Waals surface area contributed by atoms with Crippen molar-refractivity contribution < 1.29 is 8.83 Å². The Kier molecular flexibility index (Phi) is 9.17. The van der Waals surface area contributed by atoms with Crippen LogP contribution in [0.1, 0.15) is 0 Å². The molecular formula is C63H46N2O2Si. The Morgan fingerprint density at radius 2 is 0.721 bits per heavy atom. The molecule has 0 unspecified atom stereocenters. The van der Waals surface area contributed by atoms with E-state index in [1.165, 1.54) is 43.8 Å². The Bertz CT molecular complexity index is 3880. The third-order valence-corrected chi connectivity index (χ3v) is 15.8. The molecule has 0 atom stereocenters. The maximum absolute atomic E-state index is 6.27. The van der Waals surface area contributed by atoms with Gasteiger partial charge < -0.3 is 18.3 Å². The van der Waals surface area contributed by atoms with Gasteiger partial charge in [0.15, 0.2) is 0 Å². The van der Waals surface area contributed by atoms with E-state index in [2.05, 4.69) is 229 Å². The van der Waals surface area contributed by atoms with Crippen LogP contribution in [0.15, 0.2) is 233 Å². The van der Waals surface area contributed by atoms with E-state index in [1.54, 1.807) is 0 Å². The number of furan rings is 2. The van der Waals surface area contributed by atoms with Crippen LogP contribution in [0, 0.1) is 0 Å². The smallest absolute Gasteiger partial charge is 0.136 e. The average molecular weight is 891 g/mol. The van der Waals surface area contributed by atoms with E-state index in [0.29, 0.717) is 0 Å². The zero-order chi connectivity index (χ0) is 45.5. The molecule has 0 aliphatic rings. The third-order valence-electron chi connectivity index (χ3n) is 13.8. The first-order valence-corrected chi connectivity index (χ1v) is 26.9. The van der Waals surface area contributed by atoms with Crippen LogP contribution in [0.5, 0.6) is 0 Å². The van der Waals surface area contributed by atoms with Gasteiger partial charge in [-0.2, -0.15) is 0 Å². The molecule has 68 heavy (non-hydrogen) atoms. The fourth-order valence-corrected chi connectivity index (χ4v) is 11.4. The lowest BCUT2D eigenvalue weighted by molar-refractivity contribution is 0.668. The molecule has 5 heteroatoms. The highest BCUT2D eigenvalue weighted by Gasteiger charge is 2.21. The van der Waals surface area contributed by atoms with Crippen LogP contribution >= 0.6 is 0 Å². The molecular weight excluding hydrogens is 845 g/mol. The van der Waals surface area contributed by atoms with E-state index in [0.717, 1.165) is 83.2 Å². The first-order chi connectivity index (χ1) is 33.3. The van der Waals surface area contributed by atoms with Crippen molar-refractivity contribution in [1.82, 2.24) is 4.57 Å². The summed E-state index contributed by atoms with van der Waals surface area (Å²) in [6.45, 7) is 7.28. The van der Waals surface area contributed by atoms with Gasteiger partial charge in [0.1, 0.15) is 22.3 Å². The second-order valence-corrected chi connectivity index (χ2v) is 24.1. The van der Waals surface area contributed by atoms with Gasteiger partial charge in [-0.05, 0) is 137 Å². The van der Waals surface area contributed by atoms with Crippen LogP contribution < -0.4 is 10.1 Å². The number of hydrogen-bond donors (Lipinski definition) is 0. The third kappa shape index (κ3) is 6.73. The number of fused-ring (bicyclic) bond motifs is 9. The monoisotopic (exact) mass is 890 g/mol. The number of aromatic nitrogens is 1. The summed E-state index contributed by atoms with van der Waals surface area (Å²) in [6.07, 6.45) is 0. The van der Waals surface area contributed by atoms with E-state index < -0.39 is 8.07 Å². The van der Waals surface area contributed by atoms with E-state index in [9.17, 15) is 0 Å². The lowest BCUT2D eigenvalue weighted by atomic mass is 10.0. The zero-order valence-electron chi connectivity index (χ0n) is 38.1. The summed E-state index contributed by atoms with van der Waals surface area (Å²) in [5.41, 5.74) is 17.3. The number of anilines is 3. The summed E-state index contributed by atoms with van der Waals surface area (Å²) in [4.78, 5) is 2.34. The summed E-state index contributed by atoms with van der Waals surface area (Å²) in [5, 5.41) is 8.58. The molecule has 324 valence electrons. The summed E-state index contributed by atoms with van der Waals surface area (Å²) >= 11 is 0. The Balaban J connectivity index is 0.883. The standard InChI is InChI=1S/C63H46N2O2Si/c1-68(2,3)51-32-36-59-57(40-51)56-37-44(25-35-58(56)65(59)47-11-5-4-6-12-47)41-17-26-48(27-18-41)64(49-28-19-42(20-29-49)45-23-33-54-52-13-7-9-15-60(52)66-62(54)38-45)50-30-21-43(22-31-50)46-24-34-55-53-14-8-10-16-61(53)67-63(55)39-46/h4-40H,1-3H3. The number of hydrogen-bond acceptors (Lipinski definition) is 3. The minimum Gasteiger partial charge on any atom is -0.456 e. The lowest BCUT2D eigenvalue weighted by Crippen LogP contribution is -2.37. The quantitative estimate of drug-likeness (QED) is 0.143. The van der Waals surface area contributed by atoms with Crippen LogP contribution in [0.4, 0.5) is 17.1 Å². The van der Waals surface area contributed by atoms with Gasteiger partial charge in [-0.15, -0.1) is 0 Å². The highest BCUT2D eigenvalue weighted by atomic mass is 28.3. The molecule has 0 aliphatic heterocycles. The maximum Gasteiger partial charge on any atom is 0.136 e. The number of nitrogens with zero attached hydrogens (tertiary/aromatic N) is 2. The molecule has 4 nitrogen and oxygen atoms in total. The molecule has 0 amide bonds. The van der Waals surface area contributed by atoms with Crippen molar-refractivity contribution in [2.75, 3.05) is 4.90 Å². The van der Waals surface area contributed by atoms with Crippen molar-refractivity contribution in [3.8, 4) is 39.1 Å². The van der Waals surface area contributed by atoms with E-state index in [-0.39, 0.29) is 0 Å². The van der Waals surface area contributed by atoms with E-state index in [4.69, 9.17) is 8.83 Å². The molecule has 0 bridgehead atoms. The van der Waals surface area contributed by atoms with Gasteiger partial charge in [0.05, 0.1) is 19.1 Å². The van der Waals surface area contributed by atoms with Gasteiger partial charge in [-0.1, -0.05) is 146 Å². The van der Waals surface area contributed by atoms with Crippen molar-refractivity contribution in [2.45, 2.75) is 19.6 Å². The molecule has 0 saturated carbocycles. The summed E-state index contributed by atoms with van der Waals surface area (Å²) in [7, 11) is -1.55. The van der Waals surface area contributed by atoms with Crippen molar-refractivity contribution >= 4 is 96.0 Å². The van der Waals surface area contributed by atoms with Crippen molar-refractivity contribution in [3.63, 3.8) is 0 Å². The first-order valence-electron chi connectivity index (χ1n) is 23.4. The predicted molar refractivity (Wildman–Crippen MR) is 289 cm³/mol. The fourth-order valence-electron chi connectivity index (χ4n) is 10.2. The van der Waals surface area contributed by atoms with Crippen LogP contribution in [0.3, 0.4) is 0 Å². The number of rotatable bonds is 8. The minimum atomic E-state index is -1.55. The highest BCUT2D eigenvalue weighted by Crippen LogP contribution is 2.41. The topological polar surface area (TPSA) is 34.5 Å². The van der Waals surface area contributed by atoms with Gasteiger partial charge in [-0.25, -0.2) is 0 Å². The molecule has 0 saturated heterocycles. The molecule has 0 radical (unpaired) electrons. The van der Waals surface area contributed by atoms with Gasteiger partial charge in [0.2, 0.25) is 0 Å². The zero-order valence-corrected chi connectivity index (χ0v) is 39.1. The Morgan fingerprint density at radius 1 is 0.324 bits per heavy atom. The molecule has 13 rings (SSSR count). The SMILES string of the molecule is C[Si](C)(C)c1ccc2c(c1)c1cc(-c3ccc(N(c4ccc(-c5ccc6c(c5)oc5ccccc56)cc4)c4ccc(-c5ccc6c(c5)oc5ccccc56)cc4)cc3)ccc1n2-c1ccccc1. The van der Waals surface area contributed by atoms with Gasteiger partial charge in [0.25, 0.3) is 0 Å². The molecule has 10 aromatic carbocycles. The van der Waals surface area contributed by atoms with Crippen LogP contribution in [-0.2, 0) is 0 Å². The van der Waals surface area contributed by atoms with Crippen molar-refractivity contribution in [2.24, 2.45) is 0 Å². The van der Waals surface area contributed by atoms with E-state index in [1.807, 2.05) is 24.3 Å². The number of benzene rings is 10. The van der Waals surface area contributed by atoms with Gasteiger partial charge in [0, 0.05) is 55.1 Å². The molecule has 0 fully saturated rings. The van der Waals surface area contributed by atoms with Crippen LogP contribution in [0.2, 0.25) is 19.6 Å². The molecule has 13 aromatic rings. The molecule has 0 spiro atoms. The van der Waals surface area contributed by atoms with Crippen LogP contribution in [0.25, 0.3) is 105 Å². The Morgan fingerprint density at radius 3 is 1.22 bits per heavy atom. The lowest BCUT2D eigenvalue weighted by Gasteiger charge is -2.26. The molecule has 3 aromatic heterocycles. The molecule has 3 heterocycles. The van der Waals surface area contributed by atoms with Gasteiger partial charge in [-0.3, -0.25) is 0 Å². The molecule has 0 aliphatic carbocycles. The highest BCUT2D eigenvalue weighted by molar-refractivity contribution is 6.88. The van der Waals surface area contributed by atoms with Crippen molar-refractivity contribution in [3.05, 3.63) is 224 Å². The normalized spacial score (nSPS) is 12.0.